The number of piperidine rings is 1. The van der Waals surface area contributed by atoms with Crippen molar-refractivity contribution in [2.75, 3.05) is 19.6 Å². The van der Waals surface area contributed by atoms with Gasteiger partial charge in [-0.1, -0.05) is 32.6 Å². The highest BCUT2D eigenvalue weighted by atomic mass is 32.2. The fourth-order valence-electron chi connectivity index (χ4n) is 2.72. The van der Waals surface area contributed by atoms with E-state index in [0.29, 0.717) is 0 Å². The zero-order valence-electron chi connectivity index (χ0n) is 11.3. The summed E-state index contributed by atoms with van der Waals surface area (Å²) in [5, 5.41) is 11.3. The molecule has 3 heteroatoms. The van der Waals surface area contributed by atoms with Gasteiger partial charge in [0.15, 0.2) is 17.3 Å². The molecule has 0 aromatic carbocycles. The lowest BCUT2D eigenvalue weighted by Crippen LogP contribution is -2.45. The molecular formula is C14H27N2S+. The summed E-state index contributed by atoms with van der Waals surface area (Å²) in [5.74, 6) is 0. The highest BCUT2D eigenvalue weighted by Gasteiger charge is 2.31. The number of rotatable bonds is 8. The molecule has 0 radical (unpaired) electrons. The third-order valence-corrected chi connectivity index (χ3v) is 4.80. The number of thiocyanates is 1. The Morgan fingerprint density at radius 2 is 1.65 bits per heavy atom. The SMILES string of the molecule is CCCCCCCC[N+]1(SC#N)CCCCC1. The van der Waals surface area contributed by atoms with Gasteiger partial charge in [0.25, 0.3) is 0 Å². The number of nitriles is 1. The molecule has 1 saturated heterocycles. The Hall–Kier alpha value is -0.200. The maximum atomic E-state index is 8.95. The monoisotopic (exact) mass is 255 g/mol. The highest BCUT2D eigenvalue weighted by molar-refractivity contribution is 7.98. The first-order valence-corrected chi connectivity index (χ1v) is 8.04. The molecule has 0 aromatic rings. The second-order valence-corrected chi connectivity index (χ2v) is 6.38. The maximum Gasteiger partial charge on any atom is 0.196 e. The summed E-state index contributed by atoms with van der Waals surface area (Å²) in [6.07, 6.45) is 12.1. The van der Waals surface area contributed by atoms with Crippen molar-refractivity contribution in [3.05, 3.63) is 0 Å². The minimum Gasteiger partial charge on any atom is -0.248 e. The van der Waals surface area contributed by atoms with Crippen LogP contribution in [0.3, 0.4) is 0 Å². The first-order chi connectivity index (χ1) is 8.33. The smallest absolute Gasteiger partial charge is 0.196 e. The minimum atomic E-state index is 1.02. The number of quaternary nitrogens is 1. The first kappa shape index (κ1) is 14.9. The zero-order valence-corrected chi connectivity index (χ0v) is 12.1. The summed E-state index contributed by atoms with van der Waals surface area (Å²) in [6.45, 7) is 5.90. The lowest BCUT2D eigenvalue weighted by atomic mass is 10.1. The lowest BCUT2D eigenvalue weighted by Gasteiger charge is -2.36. The number of unbranched alkanes of at least 4 members (excludes halogenated alkanes) is 5. The molecule has 0 spiro atoms. The van der Waals surface area contributed by atoms with Crippen molar-refractivity contribution >= 4 is 11.9 Å². The van der Waals surface area contributed by atoms with Crippen LogP contribution < -0.4 is 0 Å². The molecule has 98 valence electrons. The van der Waals surface area contributed by atoms with Crippen molar-refractivity contribution in [3.63, 3.8) is 0 Å². The Bertz CT molecular complexity index is 229. The summed E-state index contributed by atoms with van der Waals surface area (Å²) in [4.78, 5) is 0. The highest BCUT2D eigenvalue weighted by Crippen LogP contribution is 2.29. The number of hydrogen-bond donors (Lipinski definition) is 0. The Morgan fingerprint density at radius 3 is 2.29 bits per heavy atom. The minimum absolute atomic E-state index is 1.02. The molecule has 1 rings (SSSR count). The van der Waals surface area contributed by atoms with Crippen molar-refractivity contribution in [1.29, 1.82) is 5.26 Å². The molecule has 17 heavy (non-hydrogen) atoms. The van der Waals surface area contributed by atoms with E-state index in [0.717, 1.165) is 3.89 Å². The van der Waals surface area contributed by atoms with Gasteiger partial charge in [0.05, 0.1) is 19.6 Å². The molecule has 0 bridgehead atoms. The van der Waals surface area contributed by atoms with Gasteiger partial charge < -0.3 is 0 Å². The maximum absolute atomic E-state index is 8.95. The van der Waals surface area contributed by atoms with Crippen LogP contribution in [0.2, 0.25) is 0 Å². The summed E-state index contributed by atoms with van der Waals surface area (Å²) in [5.41, 5.74) is 0. The van der Waals surface area contributed by atoms with Gasteiger partial charge in [-0.2, -0.15) is 5.26 Å². The average Bonchev–Trinajstić information content (AvgIpc) is 2.35. The Kier molecular flexibility index (Phi) is 7.72. The molecule has 1 aliphatic rings. The van der Waals surface area contributed by atoms with Gasteiger partial charge in [0.1, 0.15) is 0 Å². The zero-order chi connectivity index (χ0) is 12.4. The van der Waals surface area contributed by atoms with Gasteiger partial charge in [-0.3, -0.25) is 0 Å². The number of likely N-dealkylation sites (tertiary alicyclic amines) is 1. The van der Waals surface area contributed by atoms with Gasteiger partial charge >= 0.3 is 0 Å². The van der Waals surface area contributed by atoms with E-state index >= 15 is 0 Å². The second-order valence-electron chi connectivity index (χ2n) is 5.24. The summed E-state index contributed by atoms with van der Waals surface area (Å²) in [7, 11) is 0. The second kappa shape index (κ2) is 8.83. The average molecular weight is 255 g/mol. The van der Waals surface area contributed by atoms with E-state index < -0.39 is 0 Å². The van der Waals surface area contributed by atoms with E-state index in [1.54, 1.807) is 0 Å². The Labute approximate surface area is 111 Å². The van der Waals surface area contributed by atoms with E-state index in [1.165, 1.54) is 89.4 Å². The fourth-order valence-corrected chi connectivity index (χ4v) is 3.55. The molecule has 1 heterocycles. The van der Waals surface area contributed by atoms with E-state index in [2.05, 4.69) is 12.3 Å². The van der Waals surface area contributed by atoms with Crippen molar-refractivity contribution in [2.24, 2.45) is 0 Å². The molecule has 0 saturated carbocycles. The van der Waals surface area contributed by atoms with Gasteiger partial charge in [-0.15, -0.1) is 0 Å². The molecule has 0 unspecified atom stereocenters. The van der Waals surface area contributed by atoms with E-state index in [9.17, 15) is 0 Å². The Balaban J connectivity index is 2.18. The van der Waals surface area contributed by atoms with Crippen LogP contribution in [-0.2, 0) is 0 Å². The fraction of sp³-hybridized carbons (Fsp3) is 0.929. The van der Waals surface area contributed by atoms with E-state index in [-0.39, 0.29) is 0 Å². The van der Waals surface area contributed by atoms with E-state index in [4.69, 9.17) is 5.26 Å². The summed E-state index contributed by atoms with van der Waals surface area (Å²) >= 11 is 1.51. The van der Waals surface area contributed by atoms with Gasteiger partial charge in [-0.05, 0) is 32.1 Å². The van der Waals surface area contributed by atoms with Crippen molar-refractivity contribution in [2.45, 2.75) is 64.7 Å². The van der Waals surface area contributed by atoms with Crippen molar-refractivity contribution in [1.82, 2.24) is 0 Å². The van der Waals surface area contributed by atoms with Crippen LogP contribution in [0.1, 0.15) is 64.7 Å². The third-order valence-electron chi connectivity index (χ3n) is 3.78. The lowest BCUT2D eigenvalue weighted by molar-refractivity contribution is -0.800. The normalized spacial score (nSPS) is 18.8. The predicted octanol–water partition coefficient (Wildman–Crippen LogP) is 4.48. The van der Waals surface area contributed by atoms with E-state index in [1.807, 2.05) is 0 Å². The van der Waals surface area contributed by atoms with Crippen LogP contribution in [0, 0.1) is 10.7 Å². The first-order valence-electron chi connectivity index (χ1n) is 7.27. The van der Waals surface area contributed by atoms with Crippen LogP contribution in [0.4, 0.5) is 0 Å². The molecule has 1 fully saturated rings. The molecule has 0 N–H and O–H groups in total. The number of nitrogens with zero attached hydrogens (tertiary/aromatic N) is 2. The molecular weight excluding hydrogens is 228 g/mol. The standard InChI is InChI=1S/C14H27N2S/c1-2-3-4-5-6-8-11-16(17-14-15)12-9-7-10-13-16/h2-13H2,1H3/q+1. The molecule has 0 aromatic heterocycles. The van der Waals surface area contributed by atoms with Crippen molar-refractivity contribution in [3.8, 4) is 5.40 Å². The van der Waals surface area contributed by atoms with Crippen LogP contribution in [0.15, 0.2) is 0 Å². The van der Waals surface area contributed by atoms with Crippen molar-refractivity contribution < 1.29 is 3.89 Å². The quantitative estimate of drug-likeness (QED) is 0.276. The molecule has 1 aliphatic heterocycles. The van der Waals surface area contributed by atoms with Crippen LogP contribution in [0.5, 0.6) is 0 Å². The van der Waals surface area contributed by atoms with Crippen LogP contribution in [-0.4, -0.2) is 23.5 Å². The molecule has 0 atom stereocenters. The topological polar surface area (TPSA) is 23.8 Å². The third kappa shape index (κ3) is 5.79. The predicted molar refractivity (Wildman–Crippen MR) is 75.3 cm³/mol. The Morgan fingerprint density at radius 1 is 1.00 bits per heavy atom. The molecule has 0 amide bonds. The summed E-state index contributed by atoms with van der Waals surface area (Å²) < 4.78 is 1.02. The van der Waals surface area contributed by atoms with Gasteiger partial charge in [0, 0.05) is 0 Å². The summed E-state index contributed by atoms with van der Waals surface area (Å²) in [6, 6.07) is 0. The largest absolute Gasteiger partial charge is 0.248 e. The van der Waals surface area contributed by atoms with Gasteiger partial charge in [-0.25, -0.2) is 3.89 Å². The molecule has 0 aliphatic carbocycles. The van der Waals surface area contributed by atoms with Crippen LogP contribution in [0.25, 0.3) is 0 Å². The molecule has 2 nitrogen and oxygen atoms in total. The number of hydrogen-bond acceptors (Lipinski definition) is 2. The van der Waals surface area contributed by atoms with Gasteiger partial charge in [0.2, 0.25) is 0 Å². The van der Waals surface area contributed by atoms with Crippen LogP contribution >= 0.6 is 11.9 Å².